The number of aryl methyl sites for hydroxylation is 2. The van der Waals surface area contributed by atoms with E-state index < -0.39 is 17.9 Å². The molecule has 1 N–H and O–H groups in total. The van der Waals surface area contributed by atoms with E-state index in [2.05, 4.69) is 0 Å². The molecule has 0 radical (unpaired) electrons. The van der Waals surface area contributed by atoms with E-state index >= 15 is 0 Å². The zero-order chi connectivity index (χ0) is 21.6. The second-order valence-electron chi connectivity index (χ2n) is 7.45. The van der Waals surface area contributed by atoms with E-state index in [-0.39, 0.29) is 12.3 Å². The number of rotatable bonds is 5. The molecule has 0 saturated heterocycles. The third-order valence-corrected chi connectivity index (χ3v) is 6.04. The topological polar surface area (TPSA) is 70.7 Å². The summed E-state index contributed by atoms with van der Waals surface area (Å²) in [6.45, 7) is 3.58. The lowest BCUT2D eigenvalue weighted by molar-refractivity contribution is -0.136. The van der Waals surface area contributed by atoms with Crippen LogP contribution in [0.4, 0.5) is 5.69 Å². The van der Waals surface area contributed by atoms with Crippen LogP contribution in [0.2, 0.25) is 10.0 Å². The summed E-state index contributed by atoms with van der Waals surface area (Å²) in [4.78, 5) is 27.9. The average molecular weight is 444 g/mol. The zero-order valence-electron chi connectivity index (χ0n) is 16.4. The fourth-order valence-electron chi connectivity index (χ4n) is 3.96. The van der Waals surface area contributed by atoms with E-state index in [1.165, 1.54) is 17.2 Å². The van der Waals surface area contributed by atoms with E-state index in [0.29, 0.717) is 38.2 Å². The summed E-state index contributed by atoms with van der Waals surface area (Å²) in [6, 6.07) is 12.0. The van der Waals surface area contributed by atoms with Crippen molar-refractivity contribution in [3.05, 3.63) is 86.8 Å². The predicted octanol–water partition coefficient (Wildman–Crippen LogP) is 5.21. The van der Waals surface area contributed by atoms with Crippen molar-refractivity contribution in [1.82, 2.24) is 0 Å². The highest BCUT2D eigenvalue weighted by Crippen LogP contribution is 2.45. The van der Waals surface area contributed by atoms with Gasteiger partial charge in [-0.3, -0.25) is 9.59 Å². The van der Waals surface area contributed by atoms with Gasteiger partial charge >= 0.3 is 0 Å². The van der Waals surface area contributed by atoms with E-state index in [9.17, 15) is 14.7 Å². The minimum atomic E-state index is -2.03. The first-order chi connectivity index (χ1) is 14.2. The first-order valence-electron chi connectivity index (χ1n) is 9.38. The normalized spacial score (nSPS) is 18.0. The molecule has 7 heteroatoms. The van der Waals surface area contributed by atoms with Crippen LogP contribution in [0.3, 0.4) is 0 Å². The molecule has 0 spiro atoms. The Balaban J connectivity index is 1.75. The summed E-state index contributed by atoms with van der Waals surface area (Å²) >= 11 is 12.4. The Morgan fingerprint density at radius 1 is 1.17 bits per heavy atom. The molecule has 2 heterocycles. The molecule has 1 atom stereocenters. The van der Waals surface area contributed by atoms with Crippen LogP contribution < -0.4 is 4.90 Å². The van der Waals surface area contributed by atoms with Crippen LogP contribution in [0, 0.1) is 13.8 Å². The molecule has 0 aliphatic carbocycles. The molecule has 1 aliphatic heterocycles. The molecule has 1 aromatic heterocycles. The van der Waals surface area contributed by atoms with Gasteiger partial charge in [-0.2, -0.15) is 0 Å². The summed E-state index contributed by atoms with van der Waals surface area (Å²) in [5, 5.41) is 12.3. The van der Waals surface area contributed by atoms with Crippen molar-refractivity contribution in [3.8, 4) is 0 Å². The van der Waals surface area contributed by atoms with Gasteiger partial charge in [-0.05, 0) is 49.2 Å². The van der Waals surface area contributed by atoms with Crippen LogP contribution in [0.25, 0.3) is 0 Å². The average Bonchev–Trinajstić information content (AvgIpc) is 3.13. The van der Waals surface area contributed by atoms with Gasteiger partial charge in [0, 0.05) is 15.6 Å². The summed E-state index contributed by atoms with van der Waals surface area (Å²) < 4.78 is 5.31. The highest BCUT2D eigenvalue weighted by atomic mass is 35.5. The van der Waals surface area contributed by atoms with Crippen molar-refractivity contribution >= 4 is 40.6 Å². The number of anilines is 1. The van der Waals surface area contributed by atoms with Crippen molar-refractivity contribution < 1.29 is 19.1 Å². The van der Waals surface area contributed by atoms with Crippen LogP contribution in [0.15, 0.2) is 53.1 Å². The van der Waals surface area contributed by atoms with Gasteiger partial charge in [-0.25, -0.2) is 0 Å². The molecule has 2 aromatic carbocycles. The minimum absolute atomic E-state index is 0.160. The number of halogens is 2. The molecule has 0 bridgehead atoms. The Morgan fingerprint density at radius 2 is 1.90 bits per heavy atom. The number of hydrogen-bond donors (Lipinski definition) is 1. The van der Waals surface area contributed by atoms with Crippen molar-refractivity contribution in [2.45, 2.75) is 32.4 Å². The quantitative estimate of drug-likeness (QED) is 0.549. The lowest BCUT2D eigenvalue weighted by Gasteiger charge is -2.23. The molecular weight excluding hydrogens is 425 g/mol. The molecule has 1 unspecified atom stereocenters. The largest absolute Gasteiger partial charge is 0.469 e. The minimum Gasteiger partial charge on any atom is -0.469 e. The number of nitrogens with zero attached hydrogens (tertiary/aromatic N) is 1. The smallest absolute Gasteiger partial charge is 0.264 e. The number of amides is 1. The van der Waals surface area contributed by atoms with Gasteiger partial charge in [0.1, 0.15) is 5.76 Å². The molecular formula is C23H19Cl2NO4. The fraction of sp³-hybridized carbons (Fsp3) is 0.217. The van der Waals surface area contributed by atoms with E-state index in [4.69, 9.17) is 27.6 Å². The fourth-order valence-corrected chi connectivity index (χ4v) is 4.32. The first-order valence-corrected chi connectivity index (χ1v) is 10.1. The Hall–Kier alpha value is -2.60. The van der Waals surface area contributed by atoms with E-state index in [1.807, 2.05) is 12.1 Å². The number of ketones is 1. The van der Waals surface area contributed by atoms with Crippen LogP contribution >= 0.6 is 23.2 Å². The highest BCUT2D eigenvalue weighted by Gasteiger charge is 2.51. The van der Waals surface area contributed by atoms with Gasteiger partial charge < -0.3 is 14.4 Å². The second kappa shape index (κ2) is 7.58. The molecule has 0 fully saturated rings. The van der Waals surface area contributed by atoms with Crippen LogP contribution in [0.5, 0.6) is 0 Å². The number of carbonyl (C=O) groups excluding carboxylic acids is 2. The standard InChI is InChI=1S/C23H19Cl2NO4/c1-13-12-30-14(2)21(13)20(27)10-23(29)17-9-16(24)7-8-19(17)26(22(23)28)11-15-5-3-4-6-18(15)25/h3-9,12,29H,10-11H2,1-2H3. The molecule has 5 nitrogen and oxygen atoms in total. The Morgan fingerprint density at radius 3 is 2.57 bits per heavy atom. The van der Waals surface area contributed by atoms with Gasteiger partial charge in [0.05, 0.1) is 30.5 Å². The Labute approximate surface area is 183 Å². The van der Waals surface area contributed by atoms with Gasteiger partial charge in [0.2, 0.25) is 0 Å². The summed E-state index contributed by atoms with van der Waals surface area (Å²) in [6.07, 6.45) is 1.07. The van der Waals surface area contributed by atoms with Crippen LogP contribution in [0.1, 0.15) is 39.2 Å². The van der Waals surface area contributed by atoms with E-state index in [1.54, 1.807) is 38.1 Å². The lowest BCUT2D eigenvalue weighted by atomic mass is 9.87. The first kappa shape index (κ1) is 20.7. The number of carbonyl (C=O) groups is 2. The number of fused-ring (bicyclic) bond motifs is 1. The lowest BCUT2D eigenvalue weighted by Crippen LogP contribution is -2.41. The van der Waals surface area contributed by atoms with Gasteiger partial charge in [-0.1, -0.05) is 41.4 Å². The maximum absolute atomic E-state index is 13.4. The highest BCUT2D eigenvalue weighted by molar-refractivity contribution is 6.31. The maximum Gasteiger partial charge on any atom is 0.264 e. The van der Waals surface area contributed by atoms with Gasteiger partial charge in [-0.15, -0.1) is 0 Å². The van der Waals surface area contributed by atoms with Crippen molar-refractivity contribution in [2.24, 2.45) is 0 Å². The molecule has 0 saturated carbocycles. The summed E-state index contributed by atoms with van der Waals surface area (Å²) in [5.41, 5.74) is 0.537. The predicted molar refractivity (Wildman–Crippen MR) is 115 cm³/mol. The summed E-state index contributed by atoms with van der Waals surface area (Å²) in [7, 11) is 0. The Kier molecular flexibility index (Phi) is 5.22. The monoisotopic (exact) mass is 443 g/mol. The van der Waals surface area contributed by atoms with Crippen molar-refractivity contribution in [2.75, 3.05) is 4.90 Å². The van der Waals surface area contributed by atoms with Gasteiger partial charge in [0.25, 0.3) is 5.91 Å². The van der Waals surface area contributed by atoms with E-state index in [0.717, 1.165) is 5.56 Å². The number of furan rings is 1. The zero-order valence-corrected chi connectivity index (χ0v) is 17.9. The number of Topliss-reactive ketones (excluding diaryl/α,β-unsaturated/α-hetero) is 1. The summed E-state index contributed by atoms with van der Waals surface area (Å²) in [5.74, 6) is -0.516. The third-order valence-electron chi connectivity index (χ3n) is 5.43. The molecule has 3 aromatic rings. The van der Waals surface area contributed by atoms with Crippen molar-refractivity contribution in [1.29, 1.82) is 0 Å². The number of hydrogen-bond acceptors (Lipinski definition) is 4. The third kappa shape index (κ3) is 3.33. The SMILES string of the molecule is Cc1coc(C)c1C(=O)CC1(O)C(=O)N(Cc2ccccc2Cl)c2ccc(Cl)cc21. The molecule has 154 valence electrons. The Bertz CT molecular complexity index is 1150. The molecule has 30 heavy (non-hydrogen) atoms. The van der Waals surface area contributed by atoms with Crippen LogP contribution in [-0.4, -0.2) is 16.8 Å². The molecule has 4 rings (SSSR count). The number of aliphatic hydroxyl groups is 1. The van der Waals surface area contributed by atoms with Crippen molar-refractivity contribution in [3.63, 3.8) is 0 Å². The maximum atomic E-state index is 13.4. The molecule has 1 amide bonds. The number of benzene rings is 2. The second-order valence-corrected chi connectivity index (χ2v) is 8.30. The van der Waals surface area contributed by atoms with Gasteiger partial charge in [0.15, 0.2) is 11.4 Å². The molecule has 1 aliphatic rings. The van der Waals surface area contributed by atoms with Crippen LogP contribution in [-0.2, 0) is 16.9 Å².